The van der Waals surface area contributed by atoms with Gasteiger partial charge in [0.1, 0.15) is 47.5 Å². The number of fused-ring (bicyclic) bond motifs is 2. The molecule has 0 unspecified atom stereocenters. The fourth-order valence-corrected chi connectivity index (χ4v) is 6.29. The number of carboxylic acid groups (broad SMARTS) is 2. The third kappa shape index (κ3) is 9.15. The topological polar surface area (TPSA) is 316 Å². The van der Waals surface area contributed by atoms with E-state index in [9.17, 15) is 49.5 Å². The molecule has 2 aromatic heterocycles. The average molecular weight is 796 g/mol. The van der Waals surface area contributed by atoms with Crippen LogP contribution in [0.1, 0.15) is 53.1 Å². The van der Waals surface area contributed by atoms with Gasteiger partial charge in [0.25, 0.3) is 11.8 Å². The summed E-state index contributed by atoms with van der Waals surface area (Å²) in [5, 5.41) is 70.5. The van der Waals surface area contributed by atoms with Crippen LogP contribution in [0.25, 0.3) is 0 Å². The molecule has 2 amide bonds. The Hall–Kier alpha value is -4.23. The molecule has 22 nitrogen and oxygen atoms in total. The Labute approximate surface area is 360 Å². The zero-order chi connectivity index (χ0) is 38.4. The van der Waals surface area contributed by atoms with Crippen LogP contribution in [0, 0.1) is 0 Å². The SMILES string of the molecule is O=C(O)c1c(OC2CN(C(=O)c3nc[nH]n3)C2)ccc2c1O[B-](O)(O)CC2.O=C(O)c1c(OC2CN(C(=O)c3nc[nH]n3)C2)ccc2c1O[B-](O)(O)CC2.[Na+].[Na+]. The second-order valence-electron chi connectivity index (χ2n) is 13.0. The van der Waals surface area contributed by atoms with Crippen LogP contribution in [-0.2, 0) is 12.8 Å². The number of hydrogen-bond acceptors (Lipinski definition) is 16. The molecule has 2 fully saturated rings. The molecule has 4 aliphatic rings. The predicted molar refractivity (Wildman–Crippen MR) is 179 cm³/mol. The Morgan fingerprint density at radius 3 is 1.36 bits per heavy atom. The number of aromatic amines is 2. The van der Waals surface area contributed by atoms with Gasteiger partial charge in [0, 0.05) is 0 Å². The maximum absolute atomic E-state index is 12.1. The van der Waals surface area contributed by atoms with Crippen molar-refractivity contribution in [1.29, 1.82) is 0 Å². The van der Waals surface area contributed by atoms with Gasteiger partial charge in [-0.3, -0.25) is 19.8 Å². The zero-order valence-corrected chi connectivity index (χ0v) is 34.1. The average Bonchev–Trinajstić information content (AvgIpc) is 3.81. The maximum atomic E-state index is 12.1. The van der Waals surface area contributed by atoms with Gasteiger partial charge < -0.3 is 58.9 Å². The van der Waals surface area contributed by atoms with Crippen LogP contribution < -0.4 is 77.9 Å². The van der Waals surface area contributed by atoms with Crippen LogP contribution in [0.4, 0.5) is 0 Å². The Morgan fingerprint density at radius 2 is 1.04 bits per heavy atom. The van der Waals surface area contributed by atoms with Gasteiger partial charge in [-0.2, -0.15) is 0 Å². The van der Waals surface area contributed by atoms with Crippen molar-refractivity contribution < 1.29 is 127 Å². The molecule has 0 radical (unpaired) electrons. The van der Waals surface area contributed by atoms with E-state index in [0.717, 1.165) is 0 Å². The number of nitrogens with one attached hydrogen (secondary N) is 2. The van der Waals surface area contributed by atoms with Crippen molar-refractivity contribution in [3.8, 4) is 23.0 Å². The van der Waals surface area contributed by atoms with E-state index < -0.39 is 37.7 Å². The summed E-state index contributed by atoms with van der Waals surface area (Å²) in [6.07, 6.45) is 2.34. The standard InChI is InChI=1S/2C15H16BN4O7.2Na/c2*21-14(13-17-7-18-19-13)20-5-9(6-20)26-10-2-1-8-3-4-16(24,25)27-12(8)11(10)15(22)23;;/h2*1-2,7,9,24-25H,3-6H2,(H,22,23)(H,17,18,19);;/q2*-1;2*+1. The van der Waals surface area contributed by atoms with Crippen molar-refractivity contribution >= 4 is 37.3 Å². The minimum atomic E-state index is -3.10. The summed E-state index contributed by atoms with van der Waals surface area (Å²) in [5.74, 6) is -3.31. The monoisotopic (exact) mass is 796 g/mol. The van der Waals surface area contributed by atoms with E-state index in [4.69, 9.17) is 18.8 Å². The molecule has 0 saturated carbocycles. The van der Waals surface area contributed by atoms with Gasteiger partial charge in [0.05, 0.1) is 37.7 Å². The smallest absolute Gasteiger partial charge is 0.669 e. The molecule has 26 heteroatoms. The first-order valence-electron chi connectivity index (χ1n) is 16.7. The summed E-state index contributed by atoms with van der Waals surface area (Å²) in [4.78, 5) is 58.1. The maximum Gasteiger partial charge on any atom is 1.00 e. The molecule has 56 heavy (non-hydrogen) atoms. The molecule has 4 aliphatic heterocycles. The number of ether oxygens (including phenoxy) is 2. The Morgan fingerprint density at radius 1 is 0.661 bits per heavy atom. The first kappa shape index (κ1) is 42.9. The fourth-order valence-electron chi connectivity index (χ4n) is 6.29. The van der Waals surface area contributed by atoms with E-state index >= 15 is 0 Å². The number of nitrogens with zero attached hydrogens (tertiary/aromatic N) is 6. The Bertz CT molecular complexity index is 1950. The minimum Gasteiger partial charge on any atom is -0.669 e. The first-order chi connectivity index (χ1) is 25.7. The normalized spacial score (nSPS) is 17.6. The quantitative estimate of drug-likeness (QED) is 0.0768. The number of amides is 2. The molecule has 4 aromatic rings. The molecule has 0 atom stereocenters. The zero-order valence-electron chi connectivity index (χ0n) is 30.1. The molecule has 6 heterocycles. The fraction of sp³-hybridized carbons (Fsp3) is 0.333. The summed E-state index contributed by atoms with van der Waals surface area (Å²) in [5.41, 5.74) is 0.603. The van der Waals surface area contributed by atoms with Crippen LogP contribution in [-0.4, -0.2) is 146 Å². The van der Waals surface area contributed by atoms with Crippen LogP contribution >= 0.6 is 0 Å². The van der Waals surface area contributed by atoms with E-state index in [1.807, 2.05) is 0 Å². The van der Waals surface area contributed by atoms with E-state index in [1.54, 1.807) is 12.1 Å². The molecule has 8 N–H and O–H groups in total. The van der Waals surface area contributed by atoms with Gasteiger partial charge in [-0.25, -0.2) is 19.6 Å². The van der Waals surface area contributed by atoms with E-state index in [1.165, 1.54) is 34.6 Å². The molecule has 2 aromatic carbocycles. The molecule has 2 saturated heterocycles. The van der Waals surface area contributed by atoms with Gasteiger partial charge in [-0.05, 0) is 36.1 Å². The second kappa shape index (κ2) is 17.1. The Balaban J connectivity index is 0.000000207. The van der Waals surface area contributed by atoms with Crippen molar-refractivity contribution in [3.05, 3.63) is 70.8 Å². The molecule has 0 aliphatic carbocycles. The van der Waals surface area contributed by atoms with Crippen LogP contribution in [0.2, 0.25) is 12.6 Å². The van der Waals surface area contributed by atoms with Gasteiger partial charge in [0.2, 0.25) is 11.6 Å². The van der Waals surface area contributed by atoms with E-state index in [0.29, 0.717) is 11.1 Å². The number of carbonyl (C=O) groups is 4. The van der Waals surface area contributed by atoms with Gasteiger partial charge in [-0.1, -0.05) is 24.8 Å². The van der Waals surface area contributed by atoms with Crippen molar-refractivity contribution in [2.75, 3.05) is 26.2 Å². The Kier molecular flexibility index (Phi) is 13.1. The van der Waals surface area contributed by atoms with Crippen LogP contribution in [0.5, 0.6) is 23.0 Å². The molecule has 0 spiro atoms. The molecular formula is C30H32B2N8Na2O14. The van der Waals surface area contributed by atoms with Crippen molar-refractivity contribution in [2.24, 2.45) is 0 Å². The number of carboxylic acids is 2. The minimum absolute atomic E-state index is 0. The van der Waals surface area contributed by atoms with Gasteiger partial charge in [0.15, 0.2) is 0 Å². The molecule has 0 bridgehead atoms. The number of aromatic carboxylic acids is 2. The summed E-state index contributed by atoms with van der Waals surface area (Å²) >= 11 is 0. The number of rotatable bonds is 8. The van der Waals surface area contributed by atoms with Crippen molar-refractivity contribution in [1.82, 2.24) is 40.2 Å². The second-order valence-corrected chi connectivity index (χ2v) is 13.0. The third-order valence-electron chi connectivity index (χ3n) is 9.09. The summed E-state index contributed by atoms with van der Waals surface area (Å²) in [7, 11) is 0. The largest absolute Gasteiger partial charge is 1.00 e. The number of benzene rings is 2. The van der Waals surface area contributed by atoms with Crippen LogP contribution in [0.3, 0.4) is 0 Å². The number of hydrogen-bond donors (Lipinski definition) is 8. The van der Waals surface area contributed by atoms with E-state index in [-0.39, 0.29) is 168 Å². The molecule has 284 valence electrons. The number of likely N-dealkylation sites (tertiary alicyclic amines) is 2. The third-order valence-corrected chi connectivity index (χ3v) is 9.09. The molecular weight excluding hydrogens is 764 g/mol. The van der Waals surface area contributed by atoms with E-state index in [2.05, 4.69) is 30.4 Å². The van der Waals surface area contributed by atoms with Gasteiger partial charge >= 0.3 is 84.6 Å². The van der Waals surface area contributed by atoms with Crippen molar-refractivity contribution in [3.63, 3.8) is 0 Å². The predicted octanol–water partition coefficient (Wildman–Crippen LogP) is -7.46. The van der Waals surface area contributed by atoms with Crippen LogP contribution in [0.15, 0.2) is 36.9 Å². The number of H-pyrrole nitrogens is 2. The van der Waals surface area contributed by atoms with Crippen molar-refractivity contribution in [2.45, 2.75) is 37.7 Å². The summed E-state index contributed by atoms with van der Waals surface area (Å²) in [6, 6.07) is 6.30. The van der Waals surface area contributed by atoms with Gasteiger partial charge in [-0.15, -0.1) is 10.2 Å². The summed E-state index contributed by atoms with van der Waals surface area (Å²) < 4.78 is 21.7. The summed E-state index contributed by atoms with van der Waals surface area (Å²) in [6.45, 7) is -5.20. The number of carbonyl (C=O) groups excluding carboxylic acids is 2. The first-order valence-corrected chi connectivity index (χ1v) is 16.7. The molecule has 8 rings (SSSR count). The number of aryl methyl sites for hydroxylation is 2. The number of aromatic nitrogens is 6.